The minimum atomic E-state index is -4.95. The molecule has 16 nitrogen and oxygen atoms in total. The van der Waals surface area contributed by atoms with Gasteiger partial charge >= 0.3 is 5.97 Å². The van der Waals surface area contributed by atoms with E-state index in [0.717, 1.165) is 39.8 Å². The first-order chi connectivity index (χ1) is 27.6. The maximum Gasteiger partial charge on any atom is 0.303 e. The molecule has 0 aromatic heterocycles. The number of aliphatic hydroxyl groups is 1. The summed E-state index contributed by atoms with van der Waals surface area (Å²) in [5, 5.41) is 36.5. The van der Waals surface area contributed by atoms with Gasteiger partial charge < -0.3 is 14.3 Å². The minimum absolute atomic E-state index is 0.413. The molecule has 5 rings (SSSR count). The Balaban J connectivity index is 1.84. The van der Waals surface area contributed by atoms with Crippen molar-refractivity contribution in [3.63, 3.8) is 0 Å². The smallest absolute Gasteiger partial charge is 0.303 e. The number of rotatable bonds is 15. The molecule has 1 aliphatic rings. The van der Waals surface area contributed by atoms with E-state index in [0.29, 0.717) is 11.1 Å². The van der Waals surface area contributed by atoms with Crippen LogP contribution in [0.4, 0.5) is 11.4 Å². The Morgan fingerprint density at radius 2 is 1.10 bits per heavy atom. The van der Waals surface area contributed by atoms with Gasteiger partial charge in [-0.1, -0.05) is 106 Å². The zero-order valence-electron chi connectivity index (χ0n) is 33.4. The first-order valence-corrected chi connectivity index (χ1v) is 24.5. The number of carbonyl (C=O) groups excluding carboxylic acids is 1. The molecule has 0 unspecified atom stereocenters. The maximum absolute atomic E-state index is 15.2. The lowest BCUT2D eigenvalue weighted by Gasteiger charge is -2.52. The second-order valence-electron chi connectivity index (χ2n) is 15.8. The zero-order chi connectivity index (χ0) is 43.5. The molecule has 1 saturated carbocycles. The molecular formula is C40H48N4O12S2Si. The summed E-state index contributed by atoms with van der Waals surface area (Å²) in [4.78, 5) is 34.5. The average Bonchev–Trinajstić information content (AvgIpc) is 3.18. The molecule has 0 saturated heterocycles. The third-order valence-corrected chi connectivity index (χ3v) is 19.2. The molecule has 0 amide bonds. The fraction of sp³-hybridized carbons (Fsp3) is 0.375. The van der Waals surface area contributed by atoms with Gasteiger partial charge in [0.25, 0.3) is 31.4 Å². The predicted octanol–water partition coefficient (Wildman–Crippen LogP) is 6.41. The summed E-state index contributed by atoms with van der Waals surface area (Å²) < 4.78 is 74.9. The molecule has 316 valence electrons. The number of nitro groups is 2. The SMILES string of the molecule is CC(=O)O[C@H]1[C@@H](O)[C@H](N(Cc2ccccc2)S(=O)(=O)c2ccccc2[N+](=O)[O-])C[C@H](N(Cc2ccccc2)S(=O)(=O)c2ccccc2[N+](=O)[O-])[C@@H]1O[Si](C)(C)C(C)(C)C. The predicted molar refractivity (Wildman–Crippen MR) is 220 cm³/mol. The van der Waals surface area contributed by atoms with Gasteiger partial charge in [0, 0.05) is 32.1 Å². The summed E-state index contributed by atoms with van der Waals surface area (Å²) in [5.74, 6) is -0.899. The molecule has 1 fully saturated rings. The monoisotopic (exact) mass is 868 g/mol. The topological polar surface area (TPSA) is 217 Å². The summed E-state index contributed by atoms with van der Waals surface area (Å²) in [7, 11) is -12.9. The first kappa shape index (κ1) is 45.2. The lowest BCUT2D eigenvalue weighted by molar-refractivity contribution is -0.388. The Bertz CT molecular complexity index is 2380. The molecule has 19 heteroatoms. The van der Waals surface area contributed by atoms with Crippen LogP contribution in [0.1, 0.15) is 45.2 Å². The Morgan fingerprint density at radius 3 is 1.49 bits per heavy atom. The van der Waals surface area contributed by atoms with Crippen molar-refractivity contribution < 1.29 is 45.7 Å². The van der Waals surface area contributed by atoms with Crippen LogP contribution in [-0.2, 0) is 47.1 Å². The standard InChI is InChI=1S/C40H48N4O12S2Si/c1-28(45)55-39-37(46)33(41(26-29-17-9-7-10-18-29)57(51,52)35-23-15-13-21-31(35)43(47)48)25-34(38(39)56-59(5,6)40(2,3)4)42(27-30-19-11-8-12-20-30)58(53,54)36-24-16-14-22-32(36)44(49)50/h7-24,33-34,37-39,46H,25-27H2,1-6H3/t33-,34+,37+,38+,39+/m1/s1. The molecule has 4 aromatic carbocycles. The fourth-order valence-electron chi connectivity index (χ4n) is 6.91. The van der Waals surface area contributed by atoms with Crippen molar-refractivity contribution in [3.8, 4) is 0 Å². The number of hydrogen-bond acceptors (Lipinski definition) is 12. The van der Waals surface area contributed by atoms with Gasteiger partial charge in [0.2, 0.25) is 0 Å². The molecule has 0 radical (unpaired) electrons. The molecular weight excluding hydrogens is 821 g/mol. The van der Waals surface area contributed by atoms with Crippen molar-refractivity contribution in [1.82, 2.24) is 8.61 Å². The van der Waals surface area contributed by atoms with Gasteiger partial charge in [0.05, 0.1) is 21.9 Å². The number of carbonyl (C=O) groups is 1. The molecule has 1 N–H and O–H groups in total. The van der Waals surface area contributed by atoms with E-state index < -0.39 is 120 Å². The Hall–Kier alpha value is -4.89. The number of aliphatic hydroxyl groups excluding tert-OH is 1. The number of esters is 1. The quantitative estimate of drug-likeness (QED) is 0.0594. The van der Waals surface area contributed by atoms with E-state index in [9.17, 15) is 38.5 Å². The van der Waals surface area contributed by atoms with Gasteiger partial charge in [-0.2, -0.15) is 8.61 Å². The van der Waals surface area contributed by atoms with Crippen LogP contribution in [0.2, 0.25) is 18.1 Å². The molecule has 0 heterocycles. The lowest BCUT2D eigenvalue weighted by atomic mass is 9.83. The highest BCUT2D eigenvalue weighted by Gasteiger charge is 2.57. The van der Waals surface area contributed by atoms with Gasteiger partial charge in [-0.25, -0.2) is 16.8 Å². The Labute approximate surface area is 344 Å². The van der Waals surface area contributed by atoms with Gasteiger partial charge in [0.1, 0.15) is 12.2 Å². The number of hydrogen-bond donors (Lipinski definition) is 1. The van der Waals surface area contributed by atoms with Crippen LogP contribution >= 0.6 is 0 Å². The van der Waals surface area contributed by atoms with E-state index in [2.05, 4.69) is 0 Å². The Kier molecular flexibility index (Phi) is 13.6. The molecule has 0 aliphatic heterocycles. The zero-order valence-corrected chi connectivity index (χ0v) is 36.1. The van der Waals surface area contributed by atoms with Crippen LogP contribution in [0.3, 0.4) is 0 Å². The minimum Gasteiger partial charge on any atom is -0.457 e. The average molecular weight is 869 g/mol. The highest BCUT2D eigenvalue weighted by atomic mass is 32.2. The van der Waals surface area contributed by atoms with Crippen LogP contribution in [0.5, 0.6) is 0 Å². The highest BCUT2D eigenvalue weighted by molar-refractivity contribution is 7.89. The van der Waals surface area contributed by atoms with Crippen molar-refractivity contribution in [2.75, 3.05) is 0 Å². The van der Waals surface area contributed by atoms with E-state index in [1.807, 2.05) is 33.9 Å². The number of benzene rings is 4. The number of para-hydroxylation sites is 2. The third-order valence-electron chi connectivity index (χ3n) is 10.9. The van der Waals surface area contributed by atoms with E-state index in [1.54, 1.807) is 60.7 Å². The summed E-state index contributed by atoms with van der Waals surface area (Å²) in [6, 6.07) is 23.0. The molecule has 0 bridgehead atoms. The molecule has 1 aliphatic carbocycles. The maximum atomic E-state index is 15.2. The Morgan fingerprint density at radius 1 is 0.712 bits per heavy atom. The lowest BCUT2D eigenvalue weighted by Crippen LogP contribution is -2.68. The van der Waals surface area contributed by atoms with E-state index in [1.165, 1.54) is 24.3 Å². The highest BCUT2D eigenvalue weighted by Crippen LogP contribution is 2.44. The van der Waals surface area contributed by atoms with Crippen LogP contribution in [-0.4, -0.2) is 85.1 Å². The van der Waals surface area contributed by atoms with Gasteiger partial charge in [-0.05, 0) is 47.8 Å². The first-order valence-electron chi connectivity index (χ1n) is 18.7. The third kappa shape index (κ3) is 9.78. The summed E-state index contributed by atoms with van der Waals surface area (Å²) >= 11 is 0. The number of nitrogens with zero attached hydrogens (tertiary/aromatic N) is 4. The summed E-state index contributed by atoms with van der Waals surface area (Å²) in [5.41, 5.74) is -0.606. The van der Waals surface area contributed by atoms with E-state index in [4.69, 9.17) is 9.16 Å². The normalized spacial score (nSPS) is 20.3. The number of sulfonamides is 2. The second kappa shape index (κ2) is 17.8. The van der Waals surface area contributed by atoms with Crippen LogP contribution < -0.4 is 0 Å². The van der Waals surface area contributed by atoms with Gasteiger partial charge in [-0.15, -0.1) is 0 Å². The molecule has 0 spiro atoms. The van der Waals surface area contributed by atoms with Crippen LogP contribution in [0.25, 0.3) is 0 Å². The van der Waals surface area contributed by atoms with Gasteiger partial charge in [-0.3, -0.25) is 25.0 Å². The van der Waals surface area contributed by atoms with E-state index >= 15 is 8.42 Å². The van der Waals surface area contributed by atoms with Crippen molar-refractivity contribution in [2.24, 2.45) is 0 Å². The van der Waals surface area contributed by atoms with Crippen LogP contribution in [0, 0.1) is 20.2 Å². The summed E-state index contributed by atoms with van der Waals surface area (Å²) in [6.45, 7) is 9.70. The largest absolute Gasteiger partial charge is 0.457 e. The molecule has 59 heavy (non-hydrogen) atoms. The van der Waals surface area contributed by atoms with E-state index in [-0.39, 0.29) is 0 Å². The summed E-state index contributed by atoms with van der Waals surface area (Å²) in [6.07, 6.45) is -5.58. The second-order valence-corrected chi connectivity index (χ2v) is 24.3. The van der Waals surface area contributed by atoms with Crippen molar-refractivity contribution >= 4 is 45.7 Å². The van der Waals surface area contributed by atoms with Crippen molar-refractivity contribution in [3.05, 3.63) is 141 Å². The molecule has 4 aromatic rings. The van der Waals surface area contributed by atoms with Crippen molar-refractivity contribution in [1.29, 1.82) is 0 Å². The number of nitro benzene ring substituents is 2. The fourth-order valence-corrected chi connectivity index (χ4v) is 11.8. The number of ether oxygens (including phenoxy) is 1. The molecule has 5 atom stereocenters. The van der Waals surface area contributed by atoms with Crippen molar-refractivity contribution in [2.45, 2.75) is 106 Å². The van der Waals surface area contributed by atoms with Gasteiger partial charge in [0.15, 0.2) is 24.2 Å². The van der Waals surface area contributed by atoms with Crippen LogP contribution in [0.15, 0.2) is 119 Å².